The number of piperidine rings is 1. The zero-order valence-electron chi connectivity index (χ0n) is 18.2. The van der Waals surface area contributed by atoms with Gasteiger partial charge in [0.15, 0.2) is 21.4 Å². The SMILES string of the molecule is COCCC(=O)N1CCC(Oc2ncnc(Oc3ccc(S(C)(=O)=O)cc3F)c2C)CC1. The molecule has 11 heteroatoms. The van der Waals surface area contributed by atoms with Crippen LogP contribution in [0.1, 0.15) is 24.8 Å². The number of hydrogen-bond acceptors (Lipinski definition) is 8. The second-order valence-corrected chi connectivity index (χ2v) is 9.53. The first-order chi connectivity index (χ1) is 15.2. The van der Waals surface area contributed by atoms with Gasteiger partial charge >= 0.3 is 0 Å². The van der Waals surface area contributed by atoms with Crippen LogP contribution < -0.4 is 9.47 Å². The van der Waals surface area contributed by atoms with E-state index in [9.17, 15) is 17.6 Å². The van der Waals surface area contributed by atoms with Crippen LogP contribution in [0.4, 0.5) is 4.39 Å². The van der Waals surface area contributed by atoms with Crippen molar-refractivity contribution in [3.05, 3.63) is 35.9 Å². The summed E-state index contributed by atoms with van der Waals surface area (Å²) in [7, 11) is -1.97. The Morgan fingerprint density at radius 3 is 2.53 bits per heavy atom. The summed E-state index contributed by atoms with van der Waals surface area (Å²) < 4.78 is 54.0. The largest absolute Gasteiger partial charge is 0.474 e. The Hall–Kier alpha value is -2.79. The van der Waals surface area contributed by atoms with E-state index in [0.29, 0.717) is 50.4 Å². The van der Waals surface area contributed by atoms with E-state index in [2.05, 4.69) is 9.97 Å². The second-order valence-electron chi connectivity index (χ2n) is 7.52. The van der Waals surface area contributed by atoms with Gasteiger partial charge in [0.05, 0.1) is 23.5 Å². The number of aromatic nitrogens is 2. The van der Waals surface area contributed by atoms with Crippen molar-refractivity contribution in [1.82, 2.24) is 14.9 Å². The normalized spacial score (nSPS) is 14.9. The molecule has 174 valence electrons. The van der Waals surface area contributed by atoms with E-state index in [1.165, 1.54) is 18.5 Å². The number of sulfone groups is 1. The minimum Gasteiger partial charge on any atom is -0.474 e. The second kappa shape index (κ2) is 10.2. The van der Waals surface area contributed by atoms with Gasteiger partial charge in [-0.3, -0.25) is 4.79 Å². The van der Waals surface area contributed by atoms with E-state index >= 15 is 0 Å². The highest BCUT2D eigenvalue weighted by molar-refractivity contribution is 7.90. The number of likely N-dealkylation sites (tertiary alicyclic amines) is 1. The zero-order chi connectivity index (χ0) is 23.3. The fraction of sp³-hybridized carbons (Fsp3) is 0.476. The highest BCUT2D eigenvalue weighted by atomic mass is 32.2. The molecule has 9 nitrogen and oxygen atoms in total. The molecule has 3 rings (SSSR count). The maximum Gasteiger partial charge on any atom is 0.229 e. The lowest BCUT2D eigenvalue weighted by Crippen LogP contribution is -2.42. The van der Waals surface area contributed by atoms with Crippen LogP contribution in [0.2, 0.25) is 0 Å². The molecule has 2 aromatic rings. The zero-order valence-corrected chi connectivity index (χ0v) is 19.0. The van der Waals surface area contributed by atoms with Gasteiger partial charge in [0.25, 0.3) is 0 Å². The molecule has 0 N–H and O–H groups in total. The topological polar surface area (TPSA) is 108 Å². The minimum atomic E-state index is -3.53. The lowest BCUT2D eigenvalue weighted by Gasteiger charge is -2.32. The molecule has 1 aromatic heterocycles. The first-order valence-electron chi connectivity index (χ1n) is 10.1. The third-order valence-electron chi connectivity index (χ3n) is 5.12. The highest BCUT2D eigenvalue weighted by Crippen LogP contribution is 2.31. The van der Waals surface area contributed by atoms with Crippen molar-refractivity contribution in [2.45, 2.75) is 37.2 Å². The Bertz CT molecular complexity index is 1070. The van der Waals surface area contributed by atoms with Crippen molar-refractivity contribution in [3.63, 3.8) is 0 Å². The molecule has 0 spiro atoms. The molecule has 0 unspecified atom stereocenters. The van der Waals surface area contributed by atoms with Gasteiger partial charge in [-0.25, -0.2) is 22.8 Å². The predicted molar refractivity (Wildman–Crippen MR) is 113 cm³/mol. The van der Waals surface area contributed by atoms with Crippen molar-refractivity contribution in [1.29, 1.82) is 0 Å². The van der Waals surface area contributed by atoms with Crippen LogP contribution in [0.3, 0.4) is 0 Å². The van der Waals surface area contributed by atoms with Gasteiger partial charge in [-0.15, -0.1) is 0 Å². The van der Waals surface area contributed by atoms with Gasteiger partial charge in [0.2, 0.25) is 17.7 Å². The number of carbonyl (C=O) groups is 1. The Labute approximate surface area is 186 Å². The summed E-state index contributed by atoms with van der Waals surface area (Å²) in [6.45, 7) is 3.25. The van der Waals surface area contributed by atoms with Gasteiger partial charge in [-0.1, -0.05) is 0 Å². The monoisotopic (exact) mass is 467 g/mol. The molecule has 0 saturated carbocycles. The molecular weight excluding hydrogens is 441 g/mol. The Morgan fingerprint density at radius 2 is 1.91 bits per heavy atom. The van der Waals surface area contributed by atoms with Crippen LogP contribution in [-0.2, 0) is 19.4 Å². The van der Waals surface area contributed by atoms with E-state index in [1.54, 1.807) is 18.9 Å². The molecule has 1 aliphatic rings. The predicted octanol–water partition coefficient (Wildman–Crippen LogP) is 2.53. The first kappa shape index (κ1) is 23.9. The molecule has 1 amide bonds. The number of hydrogen-bond donors (Lipinski definition) is 0. The van der Waals surface area contributed by atoms with E-state index < -0.39 is 15.7 Å². The summed E-state index contributed by atoms with van der Waals surface area (Å²) in [5.74, 6) is -0.504. The summed E-state index contributed by atoms with van der Waals surface area (Å²) >= 11 is 0. The molecule has 0 bridgehead atoms. The van der Waals surface area contributed by atoms with Crippen LogP contribution in [0, 0.1) is 12.7 Å². The maximum atomic E-state index is 14.3. The summed E-state index contributed by atoms with van der Waals surface area (Å²) in [5, 5.41) is 0. The fourth-order valence-corrected chi connectivity index (χ4v) is 3.90. The van der Waals surface area contributed by atoms with Crippen LogP contribution >= 0.6 is 0 Å². The van der Waals surface area contributed by atoms with Crippen LogP contribution in [0.5, 0.6) is 17.5 Å². The van der Waals surface area contributed by atoms with E-state index in [1.807, 2.05) is 0 Å². The third-order valence-corrected chi connectivity index (χ3v) is 6.23. The Kier molecular flexibility index (Phi) is 7.62. The molecule has 0 atom stereocenters. The summed E-state index contributed by atoms with van der Waals surface area (Å²) in [5.41, 5.74) is 0.484. The summed E-state index contributed by atoms with van der Waals surface area (Å²) in [4.78, 5) is 22.0. The van der Waals surface area contributed by atoms with Gasteiger partial charge < -0.3 is 19.1 Å². The average molecular weight is 468 g/mol. The molecule has 32 heavy (non-hydrogen) atoms. The first-order valence-corrected chi connectivity index (χ1v) is 12.0. The number of nitrogens with zero attached hydrogens (tertiary/aromatic N) is 3. The van der Waals surface area contributed by atoms with Crippen molar-refractivity contribution < 1.29 is 31.8 Å². The lowest BCUT2D eigenvalue weighted by molar-refractivity contribution is -0.133. The smallest absolute Gasteiger partial charge is 0.229 e. The van der Waals surface area contributed by atoms with Crippen LogP contribution in [0.25, 0.3) is 0 Å². The number of ether oxygens (including phenoxy) is 3. The number of rotatable bonds is 8. The van der Waals surface area contributed by atoms with E-state index in [0.717, 1.165) is 12.3 Å². The van der Waals surface area contributed by atoms with E-state index in [4.69, 9.17) is 14.2 Å². The molecule has 1 aromatic carbocycles. The van der Waals surface area contributed by atoms with E-state index in [-0.39, 0.29) is 28.5 Å². The van der Waals surface area contributed by atoms with Gasteiger partial charge in [0, 0.05) is 39.3 Å². The molecule has 1 fully saturated rings. The quantitative estimate of drug-likeness (QED) is 0.583. The lowest BCUT2D eigenvalue weighted by atomic mass is 10.1. The maximum absolute atomic E-state index is 14.3. The number of methoxy groups -OCH3 is 1. The van der Waals surface area contributed by atoms with Crippen molar-refractivity contribution in [2.24, 2.45) is 0 Å². The van der Waals surface area contributed by atoms with Crippen molar-refractivity contribution in [3.8, 4) is 17.5 Å². The number of amides is 1. The molecule has 1 aliphatic heterocycles. The van der Waals surface area contributed by atoms with Crippen LogP contribution in [-0.4, -0.2) is 68.4 Å². The number of halogens is 1. The molecule has 1 saturated heterocycles. The number of benzene rings is 1. The molecule has 0 aliphatic carbocycles. The fourth-order valence-electron chi connectivity index (χ4n) is 3.27. The van der Waals surface area contributed by atoms with Crippen molar-refractivity contribution >= 4 is 15.7 Å². The molecule has 2 heterocycles. The standard InChI is InChI=1S/C21H26FN3O6S/c1-14-20(30-15-6-9-25(10-7-15)19(26)8-11-29-2)23-13-24-21(14)31-18-5-4-16(12-17(18)22)32(3,27)28/h4-5,12-13,15H,6-11H2,1-3H3. The highest BCUT2D eigenvalue weighted by Gasteiger charge is 2.25. The molecular formula is C21H26FN3O6S. The van der Waals surface area contributed by atoms with Gasteiger partial charge in [-0.2, -0.15) is 0 Å². The summed E-state index contributed by atoms with van der Waals surface area (Å²) in [6, 6.07) is 3.41. The average Bonchev–Trinajstić information content (AvgIpc) is 2.76. The van der Waals surface area contributed by atoms with Gasteiger partial charge in [-0.05, 0) is 25.1 Å². The van der Waals surface area contributed by atoms with Gasteiger partial charge in [0.1, 0.15) is 12.4 Å². The number of carbonyl (C=O) groups excluding carboxylic acids is 1. The molecule has 0 radical (unpaired) electrons. The Morgan fingerprint density at radius 1 is 1.22 bits per heavy atom. The van der Waals surface area contributed by atoms with Crippen molar-refractivity contribution in [2.75, 3.05) is 33.1 Å². The minimum absolute atomic E-state index is 0.0584. The van der Waals surface area contributed by atoms with Crippen LogP contribution in [0.15, 0.2) is 29.4 Å². The third kappa shape index (κ3) is 5.92. The Balaban J connectivity index is 1.65. The summed E-state index contributed by atoms with van der Waals surface area (Å²) in [6.07, 6.45) is 3.79.